The quantitative estimate of drug-likeness (QED) is 0.874. The largest absolute Gasteiger partial charge is 0.474 e. The second-order valence-electron chi connectivity index (χ2n) is 6.21. The lowest BCUT2D eigenvalue weighted by molar-refractivity contribution is 0.0958. The predicted octanol–water partition coefficient (Wildman–Crippen LogP) is 2.54. The summed E-state index contributed by atoms with van der Waals surface area (Å²) < 4.78 is 5.71. The first kappa shape index (κ1) is 12.4. The third kappa shape index (κ3) is 3.70. The van der Waals surface area contributed by atoms with E-state index in [9.17, 15) is 0 Å². The van der Waals surface area contributed by atoms with Gasteiger partial charge in [-0.1, -0.05) is 26.8 Å². The molecule has 1 aliphatic rings. The second-order valence-corrected chi connectivity index (χ2v) is 6.21. The van der Waals surface area contributed by atoms with Crippen LogP contribution in [0.3, 0.4) is 0 Å². The maximum Gasteiger partial charge on any atom is 0.213 e. The van der Waals surface area contributed by atoms with E-state index in [0.29, 0.717) is 11.5 Å². The van der Waals surface area contributed by atoms with Crippen LogP contribution in [0.5, 0.6) is 5.88 Å². The summed E-state index contributed by atoms with van der Waals surface area (Å²) in [5.74, 6) is 0.722. The summed E-state index contributed by atoms with van der Waals surface area (Å²) in [6, 6.07) is 4.39. The number of nitrogens with two attached hydrogens (primary N) is 1. The summed E-state index contributed by atoms with van der Waals surface area (Å²) in [7, 11) is 0. The standard InChI is InChI=1S/C14H22N2O/c1-14(2,3)8-10-4-5-13(16-9-10)17-12-6-11(15)7-12/h4-5,9,11-12H,6-8,15H2,1-3H3. The van der Waals surface area contributed by atoms with Crippen LogP contribution in [0.2, 0.25) is 0 Å². The van der Waals surface area contributed by atoms with E-state index < -0.39 is 0 Å². The van der Waals surface area contributed by atoms with Crippen LogP contribution in [0, 0.1) is 5.41 Å². The van der Waals surface area contributed by atoms with Crippen molar-refractivity contribution in [3.63, 3.8) is 0 Å². The van der Waals surface area contributed by atoms with Crippen molar-refractivity contribution >= 4 is 0 Å². The molecule has 0 aliphatic heterocycles. The first-order valence-electron chi connectivity index (χ1n) is 6.29. The van der Waals surface area contributed by atoms with Crippen molar-refractivity contribution in [1.82, 2.24) is 4.98 Å². The van der Waals surface area contributed by atoms with Gasteiger partial charge in [0.25, 0.3) is 0 Å². The molecule has 1 aromatic heterocycles. The van der Waals surface area contributed by atoms with Crippen LogP contribution in [0.4, 0.5) is 0 Å². The van der Waals surface area contributed by atoms with Gasteiger partial charge in [-0.3, -0.25) is 0 Å². The number of rotatable bonds is 3. The molecule has 3 nitrogen and oxygen atoms in total. The Kier molecular flexibility index (Phi) is 3.38. The molecule has 0 saturated heterocycles. The van der Waals surface area contributed by atoms with E-state index in [-0.39, 0.29) is 6.10 Å². The lowest BCUT2D eigenvalue weighted by Crippen LogP contribution is -2.43. The molecule has 17 heavy (non-hydrogen) atoms. The molecule has 0 unspecified atom stereocenters. The highest BCUT2D eigenvalue weighted by atomic mass is 16.5. The lowest BCUT2D eigenvalue weighted by Gasteiger charge is -2.32. The summed E-state index contributed by atoms with van der Waals surface area (Å²) >= 11 is 0. The Morgan fingerprint density at radius 1 is 1.35 bits per heavy atom. The molecule has 0 atom stereocenters. The molecule has 3 heteroatoms. The van der Waals surface area contributed by atoms with Crippen molar-refractivity contribution in [3.8, 4) is 5.88 Å². The van der Waals surface area contributed by atoms with E-state index in [1.54, 1.807) is 0 Å². The maximum atomic E-state index is 5.72. The molecule has 1 aromatic rings. The summed E-state index contributed by atoms with van der Waals surface area (Å²) in [5.41, 5.74) is 7.27. The van der Waals surface area contributed by atoms with Gasteiger partial charge in [-0.25, -0.2) is 4.98 Å². The zero-order valence-electron chi connectivity index (χ0n) is 10.9. The van der Waals surface area contributed by atoms with Crippen LogP contribution in [0.25, 0.3) is 0 Å². The average Bonchev–Trinajstić information content (AvgIpc) is 2.16. The molecule has 2 rings (SSSR count). The van der Waals surface area contributed by atoms with Gasteiger partial charge in [-0.2, -0.15) is 0 Å². The average molecular weight is 234 g/mol. The third-order valence-electron chi connectivity index (χ3n) is 2.95. The highest BCUT2D eigenvalue weighted by Gasteiger charge is 2.27. The Balaban J connectivity index is 1.89. The minimum Gasteiger partial charge on any atom is -0.474 e. The molecular formula is C14H22N2O. The Bertz CT molecular complexity index is 361. The molecule has 0 bridgehead atoms. The van der Waals surface area contributed by atoms with Gasteiger partial charge in [-0.05, 0) is 30.2 Å². The Morgan fingerprint density at radius 3 is 2.53 bits per heavy atom. The van der Waals surface area contributed by atoms with Gasteiger partial charge in [-0.15, -0.1) is 0 Å². The molecule has 1 saturated carbocycles. The van der Waals surface area contributed by atoms with Crippen LogP contribution >= 0.6 is 0 Å². The van der Waals surface area contributed by atoms with Gasteiger partial charge in [0, 0.05) is 18.3 Å². The van der Waals surface area contributed by atoms with E-state index in [2.05, 4.69) is 31.8 Å². The van der Waals surface area contributed by atoms with E-state index in [0.717, 1.165) is 25.1 Å². The fourth-order valence-electron chi connectivity index (χ4n) is 2.07. The third-order valence-corrected chi connectivity index (χ3v) is 2.95. The monoisotopic (exact) mass is 234 g/mol. The van der Waals surface area contributed by atoms with Gasteiger partial charge >= 0.3 is 0 Å². The van der Waals surface area contributed by atoms with E-state index in [1.807, 2.05) is 12.3 Å². The van der Waals surface area contributed by atoms with Gasteiger partial charge in [0.2, 0.25) is 5.88 Å². The van der Waals surface area contributed by atoms with Gasteiger partial charge in [0.05, 0.1) is 0 Å². The molecule has 94 valence electrons. The molecule has 1 fully saturated rings. The zero-order valence-corrected chi connectivity index (χ0v) is 10.9. The molecule has 1 heterocycles. The topological polar surface area (TPSA) is 48.1 Å². The normalized spacial score (nSPS) is 24.2. The second kappa shape index (κ2) is 4.65. The summed E-state index contributed by atoms with van der Waals surface area (Å²) in [6.45, 7) is 6.69. The van der Waals surface area contributed by atoms with Gasteiger partial charge < -0.3 is 10.5 Å². The van der Waals surface area contributed by atoms with Gasteiger partial charge in [0.15, 0.2) is 0 Å². The maximum absolute atomic E-state index is 5.72. The minimum absolute atomic E-state index is 0.269. The highest BCUT2D eigenvalue weighted by molar-refractivity contribution is 5.19. The van der Waals surface area contributed by atoms with Crippen molar-refractivity contribution in [2.45, 2.75) is 52.2 Å². The summed E-state index contributed by atoms with van der Waals surface area (Å²) in [6.07, 6.45) is 5.12. The molecule has 0 aromatic carbocycles. The van der Waals surface area contributed by atoms with Crippen LogP contribution in [-0.4, -0.2) is 17.1 Å². The number of aromatic nitrogens is 1. The fraction of sp³-hybridized carbons (Fsp3) is 0.643. The van der Waals surface area contributed by atoms with Crippen molar-refractivity contribution < 1.29 is 4.74 Å². The van der Waals surface area contributed by atoms with Crippen LogP contribution < -0.4 is 10.5 Å². The molecular weight excluding hydrogens is 212 g/mol. The van der Waals surface area contributed by atoms with Crippen molar-refractivity contribution in [1.29, 1.82) is 0 Å². The molecule has 2 N–H and O–H groups in total. The van der Waals surface area contributed by atoms with Crippen molar-refractivity contribution in [3.05, 3.63) is 23.9 Å². The zero-order chi connectivity index (χ0) is 12.5. The van der Waals surface area contributed by atoms with Crippen molar-refractivity contribution in [2.75, 3.05) is 0 Å². The minimum atomic E-state index is 0.269. The number of hydrogen-bond donors (Lipinski definition) is 1. The molecule has 0 radical (unpaired) electrons. The Morgan fingerprint density at radius 2 is 2.06 bits per heavy atom. The first-order valence-corrected chi connectivity index (χ1v) is 6.29. The van der Waals surface area contributed by atoms with Gasteiger partial charge in [0.1, 0.15) is 6.10 Å². The number of pyridine rings is 1. The fourth-order valence-corrected chi connectivity index (χ4v) is 2.07. The van der Waals surface area contributed by atoms with E-state index in [4.69, 9.17) is 10.5 Å². The molecule has 1 aliphatic carbocycles. The lowest BCUT2D eigenvalue weighted by atomic mass is 9.89. The molecule has 0 amide bonds. The summed E-state index contributed by atoms with van der Waals surface area (Å²) in [5, 5.41) is 0. The van der Waals surface area contributed by atoms with E-state index in [1.165, 1.54) is 5.56 Å². The predicted molar refractivity (Wildman–Crippen MR) is 69.0 cm³/mol. The van der Waals surface area contributed by atoms with Crippen LogP contribution in [-0.2, 0) is 6.42 Å². The Hall–Kier alpha value is -1.09. The molecule has 0 spiro atoms. The summed E-state index contributed by atoms with van der Waals surface area (Å²) in [4.78, 5) is 4.35. The first-order chi connectivity index (χ1) is 7.92. The van der Waals surface area contributed by atoms with Crippen molar-refractivity contribution in [2.24, 2.45) is 11.1 Å². The number of nitrogens with zero attached hydrogens (tertiary/aromatic N) is 1. The Labute approximate surface area is 103 Å². The number of ether oxygens (including phenoxy) is 1. The van der Waals surface area contributed by atoms with Crippen LogP contribution in [0.15, 0.2) is 18.3 Å². The highest BCUT2D eigenvalue weighted by Crippen LogP contribution is 2.24. The smallest absolute Gasteiger partial charge is 0.213 e. The number of hydrogen-bond acceptors (Lipinski definition) is 3. The van der Waals surface area contributed by atoms with E-state index >= 15 is 0 Å². The SMILES string of the molecule is CC(C)(C)Cc1ccc(OC2CC(N)C2)nc1. The van der Waals surface area contributed by atoms with Crippen LogP contribution in [0.1, 0.15) is 39.2 Å².